The van der Waals surface area contributed by atoms with Gasteiger partial charge in [-0.05, 0) is 65.6 Å². The highest BCUT2D eigenvalue weighted by atomic mass is 16.5. The molecular formula is C28H32N4O6. The van der Waals surface area contributed by atoms with Gasteiger partial charge < -0.3 is 41.3 Å². The van der Waals surface area contributed by atoms with Crippen LogP contribution in [0.25, 0.3) is 11.6 Å². The van der Waals surface area contributed by atoms with Crippen LogP contribution in [0.4, 0.5) is 5.69 Å². The molecule has 0 aliphatic rings. The van der Waals surface area contributed by atoms with E-state index in [-0.39, 0.29) is 5.75 Å². The van der Waals surface area contributed by atoms with Gasteiger partial charge in [0.25, 0.3) is 0 Å². The first-order valence-corrected chi connectivity index (χ1v) is 11.4. The number of primary amides is 1. The molecular weight excluding hydrogens is 488 g/mol. The van der Waals surface area contributed by atoms with Crippen molar-refractivity contribution in [1.29, 1.82) is 5.26 Å². The van der Waals surface area contributed by atoms with Crippen LogP contribution in [-0.4, -0.2) is 45.5 Å². The smallest absolute Gasteiger partial charge is 0.234 e. The van der Waals surface area contributed by atoms with Crippen molar-refractivity contribution in [1.82, 2.24) is 0 Å². The topological polar surface area (TPSA) is 176 Å². The van der Waals surface area contributed by atoms with Gasteiger partial charge in [-0.3, -0.25) is 4.79 Å². The van der Waals surface area contributed by atoms with Crippen LogP contribution in [0.3, 0.4) is 0 Å². The molecule has 0 spiro atoms. The Morgan fingerprint density at radius 1 is 0.947 bits per heavy atom. The van der Waals surface area contributed by atoms with Crippen LogP contribution in [0.1, 0.15) is 16.7 Å². The minimum atomic E-state index is -0.662. The second-order valence-corrected chi connectivity index (χ2v) is 7.96. The zero-order chi connectivity index (χ0) is 28.2. The fourth-order valence-corrected chi connectivity index (χ4v) is 3.41. The lowest BCUT2D eigenvalue weighted by molar-refractivity contribution is -0.119. The minimum absolute atomic E-state index is 0.191. The third-order valence-corrected chi connectivity index (χ3v) is 5.42. The number of methoxy groups -OCH3 is 4. The van der Waals surface area contributed by atoms with Crippen molar-refractivity contribution >= 4 is 23.2 Å². The Bertz CT molecular complexity index is 1290. The number of hydrogen-bond donors (Lipinski definition) is 4. The molecule has 10 nitrogen and oxygen atoms in total. The molecule has 0 aliphatic heterocycles. The number of benzene rings is 3. The summed E-state index contributed by atoms with van der Waals surface area (Å²) in [6, 6.07) is 16.8. The number of nitrogen functional groups attached to an aromatic ring is 1. The van der Waals surface area contributed by atoms with Gasteiger partial charge in [0.05, 0.1) is 51.8 Å². The molecule has 7 N–H and O–H groups in total. The lowest BCUT2D eigenvalue weighted by Gasteiger charge is -2.14. The molecule has 0 aromatic heterocycles. The number of carbonyl (C=O) groups is 1. The van der Waals surface area contributed by atoms with Crippen molar-refractivity contribution in [3.63, 3.8) is 0 Å². The molecule has 1 amide bonds. The number of hydrogen-bond acceptors (Lipinski definition) is 9. The lowest BCUT2D eigenvalue weighted by atomic mass is 10.0. The van der Waals surface area contributed by atoms with Gasteiger partial charge in [-0.15, -0.1) is 0 Å². The maximum absolute atomic E-state index is 10.6. The van der Waals surface area contributed by atoms with E-state index in [1.807, 2.05) is 6.07 Å². The zero-order valence-electron chi connectivity index (χ0n) is 21.7. The highest BCUT2D eigenvalue weighted by Crippen LogP contribution is 2.40. The molecule has 38 heavy (non-hydrogen) atoms. The Kier molecular flexibility index (Phi) is 10.8. The molecule has 0 unspecified atom stereocenters. The van der Waals surface area contributed by atoms with Crippen molar-refractivity contribution in [2.75, 3.05) is 34.2 Å². The summed E-state index contributed by atoms with van der Waals surface area (Å²) in [5, 5.41) is 18.6. The highest BCUT2D eigenvalue weighted by Gasteiger charge is 2.15. The third-order valence-electron chi connectivity index (χ3n) is 5.42. The summed E-state index contributed by atoms with van der Waals surface area (Å²) < 4.78 is 21.1. The van der Waals surface area contributed by atoms with E-state index >= 15 is 0 Å². The number of nitrogens with two attached hydrogens (primary N) is 3. The van der Waals surface area contributed by atoms with Crippen LogP contribution in [0, 0.1) is 11.3 Å². The Morgan fingerprint density at radius 3 is 1.97 bits per heavy atom. The number of nitriles is 1. The molecule has 10 heteroatoms. The summed E-state index contributed by atoms with van der Waals surface area (Å²) in [5.74, 6) is 1.69. The Balaban J connectivity index is 0.000000328. The first-order chi connectivity index (χ1) is 18.2. The standard InChI is InChI=1S/C19H20N2O4.C9H12N2O2/c1-22-16-6-5-12(8-15(16)21)7-14(11-20)13-9-17(23-2)19(25-4)18(10-13)24-3;10-8(9(11)13)5-6-1-3-7(12)4-2-6/h5-10H,21H2,1-4H3;1-4,8,12H,5,10H2,(H2,11,13)/t;8-/m.1/s1. The van der Waals surface area contributed by atoms with Gasteiger partial charge in [0.1, 0.15) is 11.5 Å². The molecule has 0 heterocycles. The molecule has 3 rings (SSSR count). The van der Waals surface area contributed by atoms with E-state index in [9.17, 15) is 10.1 Å². The highest BCUT2D eigenvalue weighted by molar-refractivity contribution is 5.91. The average molecular weight is 521 g/mol. The molecule has 0 saturated carbocycles. The van der Waals surface area contributed by atoms with Crippen molar-refractivity contribution in [2.24, 2.45) is 11.5 Å². The van der Waals surface area contributed by atoms with Gasteiger partial charge in [0.15, 0.2) is 11.5 Å². The van der Waals surface area contributed by atoms with E-state index in [2.05, 4.69) is 6.07 Å². The maximum atomic E-state index is 10.6. The number of ether oxygens (including phenoxy) is 4. The monoisotopic (exact) mass is 520 g/mol. The number of nitrogens with zero attached hydrogens (tertiary/aromatic N) is 1. The number of amides is 1. The number of phenols is 1. The van der Waals surface area contributed by atoms with Crippen LogP contribution in [0.5, 0.6) is 28.7 Å². The molecule has 1 atom stereocenters. The van der Waals surface area contributed by atoms with Crippen LogP contribution >= 0.6 is 0 Å². The van der Waals surface area contributed by atoms with Crippen molar-refractivity contribution < 1.29 is 28.8 Å². The summed E-state index contributed by atoms with van der Waals surface area (Å²) >= 11 is 0. The normalized spacial score (nSPS) is 11.3. The summed E-state index contributed by atoms with van der Waals surface area (Å²) in [7, 11) is 6.14. The van der Waals surface area contributed by atoms with E-state index in [1.165, 1.54) is 21.3 Å². The number of phenolic OH excluding ortho intramolecular Hbond substituents is 1. The van der Waals surface area contributed by atoms with Crippen molar-refractivity contribution in [3.05, 3.63) is 71.3 Å². The number of carbonyl (C=O) groups excluding carboxylic acids is 1. The summed E-state index contributed by atoms with van der Waals surface area (Å²) in [4.78, 5) is 10.6. The van der Waals surface area contributed by atoms with Gasteiger partial charge in [-0.2, -0.15) is 5.26 Å². The average Bonchev–Trinajstić information content (AvgIpc) is 2.92. The first-order valence-electron chi connectivity index (χ1n) is 11.4. The second-order valence-electron chi connectivity index (χ2n) is 7.96. The molecule has 200 valence electrons. The fourth-order valence-electron chi connectivity index (χ4n) is 3.41. The van der Waals surface area contributed by atoms with E-state index in [1.54, 1.807) is 61.7 Å². The van der Waals surface area contributed by atoms with Crippen LogP contribution in [0.15, 0.2) is 54.6 Å². The molecule has 0 fully saturated rings. The SMILES string of the molecule is COc1ccc(C=C(C#N)c2cc(OC)c(OC)c(OC)c2)cc1N.NC(=O)[C@H](N)Cc1ccc(O)cc1. The van der Waals surface area contributed by atoms with Crippen LogP contribution in [-0.2, 0) is 11.2 Å². The Morgan fingerprint density at radius 2 is 1.53 bits per heavy atom. The van der Waals surface area contributed by atoms with Crippen LogP contribution < -0.4 is 36.1 Å². The molecule has 3 aromatic carbocycles. The minimum Gasteiger partial charge on any atom is -0.508 e. The molecule has 0 bridgehead atoms. The predicted octanol–water partition coefficient (Wildman–Crippen LogP) is 3.11. The van der Waals surface area contributed by atoms with Gasteiger partial charge in [-0.25, -0.2) is 0 Å². The molecule has 0 radical (unpaired) electrons. The second kappa shape index (κ2) is 14.0. The first kappa shape index (κ1) is 29.4. The quantitative estimate of drug-likeness (QED) is 0.187. The lowest BCUT2D eigenvalue weighted by Crippen LogP contribution is -2.38. The van der Waals surface area contributed by atoms with E-state index < -0.39 is 11.9 Å². The van der Waals surface area contributed by atoms with Gasteiger partial charge in [0.2, 0.25) is 11.7 Å². The van der Waals surface area contributed by atoms with Gasteiger partial charge in [0, 0.05) is 0 Å². The van der Waals surface area contributed by atoms with E-state index in [0.29, 0.717) is 46.2 Å². The molecule has 3 aromatic rings. The molecule has 0 saturated heterocycles. The van der Waals surface area contributed by atoms with Crippen LogP contribution in [0.2, 0.25) is 0 Å². The van der Waals surface area contributed by atoms with Gasteiger partial charge >= 0.3 is 0 Å². The Labute approximate surface area is 221 Å². The number of allylic oxidation sites excluding steroid dienone is 1. The summed E-state index contributed by atoms with van der Waals surface area (Å²) in [6.45, 7) is 0. The largest absolute Gasteiger partial charge is 0.508 e. The number of rotatable bonds is 9. The van der Waals surface area contributed by atoms with E-state index in [0.717, 1.165) is 11.1 Å². The fraction of sp³-hybridized carbons (Fsp3) is 0.214. The Hall–Kier alpha value is -4.88. The van der Waals surface area contributed by atoms with Crippen molar-refractivity contribution in [3.8, 4) is 34.8 Å². The number of anilines is 1. The van der Waals surface area contributed by atoms with Gasteiger partial charge in [-0.1, -0.05) is 18.2 Å². The van der Waals surface area contributed by atoms with Crippen molar-refractivity contribution in [2.45, 2.75) is 12.5 Å². The zero-order valence-corrected chi connectivity index (χ0v) is 21.7. The predicted molar refractivity (Wildman–Crippen MR) is 146 cm³/mol. The third kappa shape index (κ3) is 7.81. The summed E-state index contributed by atoms with van der Waals surface area (Å²) in [6.07, 6.45) is 2.13. The summed E-state index contributed by atoms with van der Waals surface area (Å²) in [5.41, 5.74) is 19.6. The van der Waals surface area contributed by atoms with E-state index in [4.69, 9.17) is 41.3 Å². The molecule has 0 aliphatic carbocycles. The number of aromatic hydroxyl groups is 1. The maximum Gasteiger partial charge on any atom is 0.234 e.